The molecule has 0 saturated carbocycles. The van der Waals surface area contributed by atoms with Crippen molar-refractivity contribution in [2.75, 3.05) is 5.32 Å². The summed E-state index contributed by atoms with van der Waals surface area (Å²) in [6, 6.07) is 15.5. The normalized spacial score (nSPS) is 10.6. The number of carbonyl (C=O) groups is 1. The molecule has 122 valence electrons. The Morgan fingerprint density at radius 3 is 2.29 bits per heavy atom. The number of carboxylic acid groups (broad SMARTS) is 1. The third-order valence-electron chi connectivity index (χ3n) is 3.41. The number of carboxylic acids is 1. The first-order valence-corrected chi connectivity index (χ1v) is 7.89. The molecule has 6 heteroatoms. The number of halogens is 2. The summed E-state index contributed by atoms with van der Waals surface area (Å²) >= 11 is 12.0. The van der Waals surface area contributed by atoms with Gasteiger partial charge in [-0.3, -0.25) is 0 Å². The van der Waals surface area contributed by atoms with Crippen LogP contribution in [0, 0.1) is 0 Å². The Kier molecular flexibility index (Phi) is 4.79. The van der Waals surface area contributed by atoms with Crippen molar-refractivity contribution < 1.29 is 14.3 Å². The third kappa shape index (κ3) is 3.91. The minimum Gasteiger partial charge on any atom is -0.478 e. The molecule has 24 heavy (non-hydrogen) atoms. The maximum atomic E-state index is 10.8. The molecule has 0 fully saturated rings. The highest BCUT2D eigenvalue weighted by Crippen LogP contribution is 2.28. The Balaban J connectivity index is 1.69. The van der Waals surface area contributed by atoms with Crippen molar-refractivity contribution in [3.63, 3.8) is 0 Å². The Morgan fingerprint density at radius 2 is 1.67 bits per heavy atom. The second-order valence-electron chi connectivity index (χ2n) is 5.16. The van der Waals surface area contributed by atoms with Gasteiger partial charge in [0.25, 0.3) is 0 Å². The van der Waals surface area contributed by atoms with Gasteiger partial charge in [0.05, 0.1) is 12.1 Å². The molecule has 0 radical (unpaired) electrons. The standard InChI is InChI=1S/C18H13Cl2NO3/c19-13-7-12(8-14(20)9-13)17-6-5-16(24-17)10-21-15-3-1-11(2-4-15)18(22)23/h1-9,21H,10H2,(H,22,23). The number of anilines is 1. The largest absolute Gasteiger partial charge is 0.478 e. The summed E-state index contributed by atoms with van der Waals surface area (Å²) in [5, 5.41) is 13.2. The first-order chi connectivity index (χ1) is 11.5. The Morgan fingerprint density at radius 1 is 1.00 bits per heavy atom. The van der Waals surface area contributed by atoms with Gasteiger partial charge in [-0.15, -0.1) is 0 Å². The van der Waals surface area contributed by atoms with E-state index in [1.165, 1.54) is 0 Å². The molecule has 0 atom stereocenters. The molecule has 3 aromatic rings. The number of hydrogen-bond acceptors (Lipinski definition) is 3. The van der Waals surface area contributed by atoms with E-state index in [2.05, 4.69) is 5.32 Å². The highest BCUT2D eigenvalue weighted by Gasteiger charge is 2.07. The fourth-order valence-electron chi connectivity index (χ4n) is 2.24. The fraction of sp³-hybridized carbons (Fsp3) is 0.0556. The first kappa shape index (κ1) is 16.4. The van der Waals surface area contributed by atoms with Crippen LogP contribution in [0.5, 0.6) is 0 Å². The summed E-state index contributed by atoms with van der Waals surface area (Å²) in [5.74, 6) is 0.471. The highest BCUT2D eigenvalue weighted by atomic mass is 35.5. The van der Waals surface area contributed by atoms with Gasteiger partial charge in [0, 0.05) is 21.3 Å². The zero-order valence-corrected chi connectivity index (χ0v) is 13.9. The maximum Gasteiger partial charge on any atom is 0.335 e. The highest BCUT2D eigenvalue weighted by molar-refractivity contribution is 6.35. The average Bonchev–Trinajstić information content (AvgIpc) is 3.01. The third-order valence-corrected chi connectivity index (χ3v) is 3.84. The van der Waals surface area contributed by atoms with Crippen LogP contribution in [0.25, 0.3) is 11.3 Å². The molecule has 0 bridgehead atoms. The van der Waals surface area contributed by atoms with E-state index in [1.807, 2.05) is 12.1 Å². The SMILES string of the molecule is O=C(O)c1ccc(NCc2ccc(-c3cc(Cl)cc(Cl)c3)o2)cc1. The summed E-state index contributed by atoms with van der Waals surface area (Å²) in [6.07, 6.45) is 0. The van der Waals surface area contributed by atoms with Crippen LogP contribution in [0.2, 0.25) is 10.0 Å². The molecule has 1 aromatic heterocycles. The van der Waals surface area contributed by atoms with Crippen LogP contribution in [0.4, 0.5) is 5.69 Å². The predicted octanol–water partition coefficient (Wildman–Crippen LogP) is 5.56. The molecule has 0 unspecified atom stereocenters. The van der Waals surface area contributed by atoms with Crippen LogP contribution >= 0.6 is 23.2 Å². The lowest BCUT2D eigenvalue weighted by Gasteiger charge is -2.05. The van der Waals surface area contributed by atoms with E-state index in [0.717, 1.165) is 17.0 Å². The van der Waals surface area contributed by atoms with E-state index < -0.39 is 5.97 Å². The van der Waals surface area contributed by atoms with Crippen LogP contribution < -0.4 is 5.32 Å². The molecular formula is C18H13Cl2NO3. The van der Waals surface area contributed by atoms with Crippen LogP contribution in [0.1, 0.15) is 16.1 Å². The molecule has 0 saturated heterocycles. The summed E-state index contributed by atoms with van der Waals surface area (Å²) < 4.78 is 5.79. The van der Waals surface area contributed by atoms with Crippen LogP contribution in [0.15, 0.2) is 59.0 Å². The lowest BCUT2D eigenvalue weighted by molar-refractivity contribution is 0.0697. The van der Waals surface area contributed by atoms with Gasteiger partial charge >= 0.3 is 5.97 Å². The number of aromatic carboxylic acids is 1. The minimum absolute atomic E-state index is 0.249. The average molecular weight is 362 g/mol. The first-order valence-electron chi connectivity index (χ1n) is 7.14. The monoisotopic (exact) mass is 361 g/mol. The van der Waals surface area contributed by atoms with Gasteiger partial charge in [-0.25, -0.2) is 4.79 Å². The molecule has 0 aliphatic rings. The molecule has 2 aromatic carbocycles. The molecule has 4 nitrogen and oxygen atoms in total. The smallest absolute Gasteiger partial charge is 0.335 e. The molecule has 0 aliphatic heterocycles. The number of furan rings is 1. The zero-order chi connectivity index (χ0) is 17.1. The Labute approximate surface area is 148 Å². The number of rotatable bonds is 5. The van der Waals surface area contributed by atoms with Crippen molar-refractivity contribution in [3.8, 4) is 11.3 Å². The van der Waals surface area contributed by atoms with Gasteiger partial charge in [-0.2, -0.15) is 0 Å². The molecule has 0 aliphatic carbocycles. The van der Waals surface area contributed by atoms with Gasteiger partial charge in [-0.1, -0.05) is 23.2 Å². The van der Waals surface area contributed by atoms with Crippen LogP contribution in [-0.2, 0) is 6.54 Å². The second-order valence-corrected chi connectivity index (χ2v) is 6.03. The van der Waals surface area contributed by atoms with Crippen molar-refractivity contribution in [1.29, 1.82) is 0 Å². The molecule has 0 spiro atoms. The lowest BCUT2D eigenvalue weighted by Crippen LogP contribution is -2.00. The maximum absolute atomic E-state index is 10.8. The minimum atomic E-state index is -0.947. The van der Waals surface area contributed by atoms with Crippen molar-refractivity contribution >= 4 is 34.9 Å². The summed E-state index contributed by atoms with van der Waals surface area (Å²) in [7, 11) is 0. The van der Waals surface area contributed by atoms with E-state index in [1.54, 1.807) is 42.5 Å². The predicted molar refractivity (Wildman–Crippen MR) is 94.9 cm³/mol. The molecule has 2 N–H and O–H groups in total. The fourth-order valence-corrected chi connectivity index (χ4v) is 2.77. The number of nitrogens with one attached hydrogen (secondary N) is 1. The van der Waals surface area contributed by atoms with E-state index in [0.29, 0.717) is 22.4 Å². The lowest BCUT2D eigenvalue weighted by atomic mass is 10.2. The summed E-state index contributed by atoms with van der Waals surface area (Å²) in [5.41, 5.74) is 1.87. The Bertz CT molecular complexity index is 852. The van der Waals surface area contributed by atoms with Crippen molar-refractivity contribution in [2.24, 2.45) is 0 Å². The van der Waals surface area contributed by atoms with Crippen LogP contribution in [0.3, 0.4) is 0 Å². The van der Waals surface area contributed by atoms with Crippen molar-refractivity contribution in [3.05, 3.63) is 76.0 Å². The van der Waals surface area contributed by atoms with E-state index in [9.17, 15) is 4.79 Å². The van der Waals surface area contributed by atoms with E-state index >= 15 is 0 Å². The van der Waals surface area contributed by atoms with E-state index in [-0.39, 0.29) is 5.56 Å². The van der Waals surface area contributed by atoms with Gasteiger partial charge in [0.15, 0.2) is 0 Å². The summed E-state index contributed by atoms with van der Waals surface area (Å²) in [6.45, 7) is 0.473. The van der Waals surface area contributed by atoms with Gasteiger partial charge < -0.3 is 14.8 Å². The quantitative estimate of drug-likeness (QED) is 0.623. The van der Waals surface area contributed by atoms with Gasteiger partial charge in [-0.05, 0) is 54.6 Å². The molecule has 3 rings (SSSR count). The van der Waals surface area contributed by atoms with Crippen molar-refractivity contribution in [2.45, 2.75) is 6.54 Å². The Hall–Kier alpha value is -2.43. The zero-order valence-electron chi connectivity index (χ0n) is 12.4. The number of hydrogen-bond donors (Lipinski definition) is 2. The molecule has 0 amide bonds. The van der Waals surface area contributed by atoms with Crippen LogP contribution in [-0.4, -0.2) is 11.1 Å². The topological polar surface area (TPSA) is 62.5 Å². The second kappa shape index (κ2) is 6.99. The molecule has 1 heterocycles. The number of benzene rings is 2. The molecular weight excluding hydrogens is 349 g/mol. The van der Waals surface area contributed by atoms with Gasteiger partial charge in [0.1, 0.15) is 11.5 Å². The van der Waals surface area contributed by atoms with Gasteiger partial charge in [0.2, 0.25) is 0 Å². The van der Waals surface area contributed by atoms with Crippen molar-refractivity contribution in [1.82, 2.24) is 0 Å². The summed E-state index contributed by atoms with van der Waals surface area (Å²) in [4.78, 5) is 10.8. The van der Waals surface area contributed by atoms with E-state index in [4.69, 9.17) is 32.7 Å².